The van der Waals surface area contributed by atoms with E-state index < -0.39 is 5.97 Å². The molecular formula is C14H20N2O3. The fraction of sp³-hybridized carbons (Fsp3) is 0.429. The average molecular weight is 264 g/mol. The van der Waals surface area contributed by atoms with Crippen molar-refractivity contribution >= 4 is 11.9 Å². The van der Waals surface area contributed by atoms with Crippen molar-refractivity contribution in [2.45, 2.75) is 32.9 Å². The van der Waals surface area contributed by atoms with Crippen molar-refractivity contribution in [1.29, 1.82) is 0 Å². The van der Waals surface area contributed by atoms with Crippen LogP contribution in [-0.2, 0) is 22.6 Å². The largest absolute Gasteiger partial charge is 0.481 e. The number of carbonyl (C=O) groups excluding carboxylic acids is 1. The van der Waals surface area contributed by atoms with E-state index in [9.17, 15) is 9.59 Å². The summed E-state index contributed by atoms with van der Waals surface area (Å²) in [6, 6.07) is 7.48. The molecule has 0 radical (unpaired) electrons. The van der Waals surface area contributed by atoms with E-state index in [1.165, 1.54) is 0 Å². The number of carboxylic acids is 1. The van der Waals surface area contributed by atoms with E-state index in [4.69, 9.17) is 5.11 Å². The zero-order valence-corrected chi connectivity index (χ0v) is 11.3. The van der Waals surface area contributed by atoms with E-state index in [-0.39, 0.29) is 24.9 Å². The summed E-state index contributed by atoms with van der Waals surface area (Å²) in [6.07, 6.45) is -0.0315. The minimum absolute atomic E-state index is 0.0315. The molecule has 0 spiro atoms. The number of rotatable bonds is 7. The summed E-state index contributed by atoms with van der Waals surface area (Å²) in [7, 11) is 0. The van der Waals surface area contributed by atoms with Crippen LogP contribution in [-0.4, -0.2) is 29.6 Å². The SMILES string of the molecule is CC(C)NCC(=O)NCc1ccccc1CC(=O)O. The molecule has 3 N–H and O–H groups in total. The summed E-state index contributed by atoms with van der Waals surface area (Å²) >= 11 is 0. The van der Waals surface area contributed by atoms with Crippen LogP contribution in [0.25, 0.3) is 0 Å². The third-order valence-electron chi connectivity index (χ3n) is 2.61. The van der Waals surface area contributed by atoms with Gasteiger partial charge in [-0.1, -0.05) is 38.1 Å². The van der Waals surface area contributed by atoms with Crippen molar-refractivity contribution in [3.8, 4) is 0 Å². The lowest BCUT2D eigenvalue weighted by Crippen LogP contribution is -2.36. The molecule has 0 saturated heterocycles. The van der Waals surface area contributed by atoms with Gasteiger partial charge in [0.1, 0.15) is 0 Å². The second-order valence-electron chi connectivity index (χ2n) is 4.65. The molecule has 0 unspecified atom stereocenters. The number of nitrogens with one attached hydrogen (secondary N) is 2. The van der Waals surface area contributed by atoms with Crippen LogP contribution in [0.3, 0.4) is 0 Å². The maximum atomic E-state index is 11.6. The van der Waals surface area contributed by atoms with Crippen molar-refractivity contribution < 1.29 is 14.7 Å². The molecule has 0 atom stereocenters. The Morgan fingerprint density at radius 1 is 1.21 bits per heavy atom. The van der Waals surface area contributed by atoms with Crippen LogP contribution in [0.15, 0.2) is 24.3 Å². The lowest BCUT2D eigenvalue weighted by atomic mass is 10.0. The quantitative estimate of drug-likeness (QED) is 0.684. The van der Waals surface area contributed by atoms with Gasteiger partial charge in [0.15, 0.2) is 0 Å². The minimum Gasteiger partial charge on any atom is -0.481 e. The van der Waals surface area contributed by atoms with Gasteiger partial charge in [-0.3, -0.25) is 9.59 Å². The first-order valence-corrected chi connectivity index (χ1v) is 6.27. The van der Waals surface area contributed by atoms with Gasteiger partial charge in [0.05, 0.1) is 13.0 Å². The van der Waals surface area contributed by atoms with Crippen LogP contribution in [0.1, 0.15) is 25.0 Å². The van der Waals surface area contributed by atoms with Crippen LogP contribution >= 0.6 is 0 Å². The summed E-state index contributed by atoms with van der Waals surface area (Å²) in [5, 5.41) is 14.6. The number of hydrogen-bond donors (Lipinski definition) is 3. The molecule has 1 amide bonds. The topological polar surface area (TPSA) is 78.4 Å². The van der Waals surface area contributed by atoms with Crippen LogP contribution in [0.2, 0.25) is 0 Å². The molecular weight excluding hydrogens is 244 g/mol. The van der Waals surface area contributed by atoms with Crippen LogP contribution < -0.4 is 10.6 Å². The van der Waals surface area contributed by atoms with Gasteiger partial charge in [0, 0.05) is 12.6 Å². The predicted octanol–water partition coefficient (Wildman–Crippen LogP) is 0.928. The highest BCUT2D eigenvalue weighted by Crippen LogP contribution is 2.09. The molecule has 0 fully saturated rings. The van der Waals surface area contributed by atoms with Gasteiger partial charge in [0.25, 0.3) is 0 Å². The monoisotopic (exact) mass is 264 g/mol. The Kier molecular flexibility index (Phi) is 6.02. The fourth-order valence-corrected chi connectivity index (χ4v) is 1.62. The Morgan fingerprint density at radius 2 is 1.84 bits per heavy atom. The number of hydrogen-bond acceptors (Lipinski definition) is 3. The standard InChI is InChI=1S/C14H20N2O3/c1-10(2)15-9-13(17)16-8-12-6-4-3-5-11(12)7-14(18)19/h3-6,10,15H,7-9H2,1-2H3,(H,16,17)(H,18,19). The maximum absolute atomic E-state index is 11.6. The molecule has 0 aliphatic rings. The predicted molar refractivity (Wildman–Crippen MR) is 72.8 cm³/mol. The summed E-state index contributed by atoms with van der Waals surface area (Å²) < 4.78 is 0. The Balaban J connectivity index is 2.52. The number of carboxylic acid groups (broad SMARTS) is 1. The lowest BCUT2D eigenvalue weighted by molar-refractivity contribution is -0.136. The van der Waals surface area contributed by atoms with Crippen molar-refractivity contribution in [3.05, 3.63) is 35.4 Å². The highest BCUT2D eigenvalue weighted by atomic mass is 16.4. The van der Waals surface area contributed by atoms with Gasteiger partial charge in [-0.15, -0.1) is 0 Å². The smallest absolute Gasteiger partial charge is 0.307 e. The molecule has 5 heteroatoms. The Bertz CT molecular complexity index is 444. The number of aliphatic carboxylic acids is 1. The molecule has 19 heavy (non-hydrogen) atoms. The van der Waals surface area contributed by atoms with Crippen molar-refractivity contribution in [3.63, 3.8) is 0 Å². The van der Waals surface area contributed by atoms with E-state index in [0.717, 1.165) is 11.1 Å². The number of amides is 1. The van der Waals surface area contributed by atoms with Gasteiger partial charge in [-0.2, -0.15) is 0 Å². The number of carbonyl (C=O) groups is 2. The summed E-state index contributed by atoms with van der Waals surface area (Å²) in [6.45, 7) is 4.55. The summed E-state index contributed by atoms with van der Waals surface area (Å²) in [4.78, 5) is 22.3. The Hall–Kier alpha value is -1.88. The molecule has 1 aromatic rings. The molecule has 0 bridgehead atoms. The fourth-order valence-electron chi connectivity index (χ4n) is 1.62. The first-order valence-electron chi connectivity index (χ1n) is 6.27. The molecule has 1 rings (SSSR count). The normalized spacial score (nSPS) is 10.5. The van der Waals surface area contributed by atoms with Gasteiger partial charge in [-0.25, -0.2) is 0 Å². The highest BCUT2D eigenvalue weighted by Gasteiger charge is 2.07. The van der Waals surface area contributed by atoms with Crippen LogP contribution in [0.5, 0.6) is 0 Å². The minimum atomic E-state index is -0.875. The van der Waals surface area contributed by atoms with Crippen molar-refractivity contribution in [1.82, 2.24) is 10.6 Å². The molecule has 0 aliphatic carbocycles. The van der Waals surface area contributed by atoms with Gasteiger partial charge >= 0.3 is 5.97 Å². The lowest BCUT2D eigenvalue weighted by Gasteiger charge is -2.11. The Morgan fingerprint density at radius 3 is 2.42 bits per heavy atom. The third-order valence-corrected chi connectivity index (χ3v) is 2.61. The van der Waals surface area contributed by atoms with E-state index in [1.807, 2.05) is 26.0 Å². The molecule has 0 heterocycles. The maximum Gasteiger partial charge on any atom is 0.307 e. The second kappa shape index (κ2) is 7.53. The zero-order chi connectivity index (χ0) is 14.3. The summed E-state index contributed by atoms with van der Waals surface area (Å²) in [5.41, 5.74) is 1.56. The molecule has 5 nitrogen and oxygen atoms in total. The molecule has 0 aliphatic heterocycles. The summed E-state index contributed by atoms with van der Waals surface area (Å²) in [5.74, 6) is -0.973. The molecule has 0 aromatic heterocycles. The van der Waals surface area contributed by atoms with Crippen LogP contribution in [0.4, 0.5) is 0 Å². The average Bonchev–Trinajstić information content (AvgIpc) is 2.34. The molecule has 104 valence electrons. The number of benzene rings is 1. The first-order chi connectivity index (χ1) is 8.99. The van der Waals surface area contributed by atoms with Crippen molar-refractivity contribution in [2.75, 3.05) is 6.54 Å². The van der Waals surface area contributed by atoms with Gasteiger partial charge in [-0.05, 0) is 11.1 Å². The van der Waals surface area contributed by atoms with Gasteiger partial charge < -0.3 is 15.7 Å². The van der Waals surface area contributed by atoms with Gasteiger partial charge in [0.2, 0.25) is 5.91 Å². The highest BCUT2D eigenvalue weighted by molar-refractivity contribution is 5.78. The van der Waals surface area contributed by atoms with E-state index in [0.29, 0.717) is 6.54 Å². The second-order valence-corrected chi connectivity index (χ2v) is 4.65. The van der Waals surface area contributed by atoms with Crippen LogP contribution in [0, 0.1) is 0 Å². The third kappa shape index (κ3) is 6.01. The molecule has 0 saturated carbocycles. The zero-order valence-electron chi connectivity index (χ0n) is 11.3. The molecule has 1 aromatic carbocycles. The van der Waals surface area contributed by atoms with Crippen molar-refractivity contribution in [2.24, 2.45) is 0 Å². The van der Waals surface area contributed by atoms with E-state index in [2.05, 4.69) is 10.6 Å². The first kappa shape index (κ1) is 15.2. The van der Waals surface area contributed by atoms with E-state index in [1.54, 1.807) is 12.1 Å². The Labute approximate surface area is 113 Å². The van der Waals surface area contributed by atoms with E-state index >= 15 is 0 Å².